The molecule has 0 amide bonds. The van der Waals surface area contributed by atoms with Gasteiger partial charge in [0.2, 0.25) is 0 Å². The quantitative estimate of drug-likeness (QED) is 0.0720. The summed E-state index contributed by atoms with van der Waals surface area (Å²) in [5.74, 6) is -2.31. The van der Waals surface area contributed by atoms with Crippen LogP contribution >= 0.6 is 0 Å². The summed E-state index contributed by atoms with van der Waals surface area (Å²) in [6.45, 7) is -1.44. The van der Waals surface area contributed by atoms with E-state index in [2.05, 4.69) is 0 Å². The highest BCUT2D eigenvalue weighted by molar-refractivity contribution is 5.87. The Bertz CT molecular complexity index is 1320. The highest BCUT2D eigenvalue weighted by atomic mass is 16.7. The molecule has 10 atom stereocenters. The van der Waals surface area contributed by atoms with Crippen molar-refractivity contribution in [3.63, 3.8) is 0 Å². The molecule has 2 aliphatic rings. The number of aromatic hydroxyl groups is 4. The lowest BCUT2D eigenvalue weighted by molar-refractivity contribution is -0.360. The lowest BCUT2D eigenvalue weighted by Crippen LogP contribution is -2.65. The summed E-state index contributed by atoms with van der Waals surface area (Å²) >= 11 is 0. The molecule has 0 unspecified atom stereocenters. The summed E-state index contributed by atoms with van der Waals surface area (Å²) < 4.78 is 27.5. The average Bonchev–Trinajstić information content (AvgIpc) is 3.01. The first-order chi connectivity index (χ1) is 21.4. The van der Waals surface area contributed by atoms with E-state index in [4.69, 9.17) is 23.7 Å². The van der Waals surface area contributed by atoms with Crippen LogP contribution in [0.25, 0.3) is 6.08 Å². The fourth-order valence-electron chi connectivity index (χ4n) is 4.71. The predicted octanol–water partition coefficient (Wildman–Crippen LogP) is -2.04. The number of carbonyl (C=O) groups excluding carboxylic acids is 1. The third-order valence-corrected chi connectivity index (χ3v) is 7.30. The zero-order chi connectivity index (χ0) is 32.8. The van der Waals surface area contributed by atoms with Gasteiger partial charge in [-0.1, -0.05) is 12.1 Å². The molecule has 248 valence electrons. The van der Waals surface area contributed by atoms with Crippen molar-refractivity contribution in [1.82, 2.24) is 0 Å². The van der Waals surface area contributed by atoms with Crippen LogP contribution in [-0.2, 0) is 34.9 Å². The van der Waals surface area contributed by atoms with E-state index in [9.17, 15) is 55.9 Å². The number of hydrogen-bond acceptors (Lipinski definition) is 16. The molecule has 2 fully saturated rings. The first-order valence-corrected chi connectivity index (χ1v) is 13.9. The minimum atomic E-state index is -1.85. The van der Waals surface area contributed by atoms with Crippen molar-refractivity contribution in [3.8, 4) is 23.0 Å². The van der Waals surface area contributed by atoms with Crippen molar-refractivity contribution in [2.24, 2.45) is 0 Å². The normalized spacial score (nSPS) is 32.0. The van der Waals surface area contributed by atoms with Gasteiger partial charge in [0, 0.05) is 6.08 Å². The highest BCUT2D eigenvalue weighted by Gasteiger charge is 2.51. The van der Waals surface area contributed by atoms with Gasteiger partial charge in [-0.3, -0.25) is 0 Å². The number of rotatable bonds is 11. The van der Waals surface area contributed by atoms with Gasteiger partial charge in [0.05, 0.1) is 13.2 Å². The number of phenolic OH excluding ortho intramolecular Hbond substituents is 4. The van der Waals surface area contributed by atoms with Gasteiger partial charge in [0.25, 0.3) is 0 Å². The highest BCUT2D eigenvalue weighted by Crippen LogP contribution is 2.31. The molecule has 2 aromatic carbocycles. The zero-order valence-corrected chi connectivity index (χ0v) is 23.6. The number of benzene rings is 2. The number of ether oxygens (including phenoxy) is 5. The summed E-state index contributed by atoms with van der Waals surface area (Å²) in [6, 6.07) is 7.97. The summed E-state index contributed by atoms with van der Waals surface area (Å²) in [4.78, 5) is 12.4. The summed E-state index contributed by atoms with van der Waals surface area (Å²) in [7, 11) is 0. The van der Waals surface area contributed by atoms with Crippen LogP contribution in [0.2, 0.25) is 0 Å². The minimum absolute atomic E-state index is 0.108. The second-order valence-corrected chi connectivity index (χ2v) is 10.5. The van der Waals surface area contributed by atoms with Crippen molar-refractivity contribution in [3.05, 3.63) is 53.6 Å². The van der Waals surface area contributed by atoms with Crippen LogP contribution in [0.5, 0.6) is 23.0 Å². The maximum atomic E-state index is 12.4. The van der Waals surface area contributed by atoms with E-state index in [1.54, 1.807) is 0 Å². The van der Waals surface area contributed by atoms with Crippen LogP contribution < -0.4 is 0 Å². The van der Waals surface area contributed by atoms with Crippen LogP contribution in [0.3, 0.4) is 0 Å². The zero-order valence-electron chi connectivity index (χ0n) is 23.6. The van der Waals surface area contributed by atoms with Crippen molar-refractivity contribution in [2.45, 2.75) is 67.8 Å². The smallest absolute Gasteiger partial charge is 0.330 e. The molecular formula is C29H36O16. The lowest BCUT2D eigenvalue weighted by Gasteiger charge is -2.46. The van der Waals surface area contributed by atoms with E-state index >= 15 is 0 Å². The number of phenols is 4. The van der Waals surface area contributed by atoms with E-state index in [0.717, 1.165) is 6.08 Å². The number of esters is 1. The maximum Gasteiger partial charge on any atom is 0.330 e. The predicted molar refractivity (Wildman–Crippen MR) is 149 cm³/mol. The number of aliphatic hydroxyl groups is 6. The Balaban J connectivity index is 1.45. The van der Waals surface area contributed by atoms with Gasteiger partial charge in [0.15, 0.2) is 35.6 Å². The van der Waals surface area contributed by atoms with Crippen molar-refractivity contribution in [1.29, 1.82) is 0 Å². The SMILES string of the molecule is O=C(/C=C/c1ccc(O)c(O)c1)OC[C@H]1O[C@@H](OCCc2ccc(O)c(O)c2)[C@H](O)[C@@H](O[C@@H]2O[C@H](CO)[C@H](O)[C@H](O)[C@H]2O)[C@@H]1O. The van der Waals surface area contributed by atoms with Crippen LogP contribution in [0.15, 0.2) is 42.5 Å². The first-order valence-electron chi connectivity index (χ1n) is 13.9. The molecule has 0 radical (unpaired) electrons. The van der Waals surface area contributed by atoms with Gasteiger partial charge >= 0.3 is 5.97 Å². The van der Waals surface area contributed by atoms with Gasteiger partial charge in [-0.05, 0) is 47.9 Å². The van der Waals surface area contributed by atoms with E-state index in [-0.39, 0.29) is 30.3 Å². The Morgan fingerprint density at radius 1 is 0.756 bits per heavy atom. The molecule has 0 aliphatic carbocycles. The average molecular weight is 641 g/mol. The summed E-state index contributed by atoms with van der Waals surface area (Å²) in [5.41, 5.74) is 0.923. The third kappa shape index (κ3) is 8.39. The summed E-state index contributed by atoms with van der Waals surface area (Å²) in [6.07, 6.45) is -13.9. The second kappa shape index (κ2) is 15.2. The second-order valence-electron chi connectivity index (χ2n) is 10.5. The van der Waals surface area contributed by atoms with Crippen LogP contribution in [0.4, 0.5) is 0 Å². The molecule has 45 heavy (non-hydrogen) atoms. The third-order valence-electron chi connectivity index (χ3n) is 7.30. The van der Waals surface area contributed by atoms with E-state index in [0.29, 0.717) is 11.1 Å². The molecule has 2 aliphatic heterocycles. The monoisotopic (exact) mass is 640 g/mol. The fraction of sp³-hybridized carbons (Fsp3) is 0.483. The van der Waals surface area contributed by atoms with Crippen LogP contribution in [0.1, 0.15) is 11.1 Å². The Kier molecular flexibility index (Phi) is 11.6. The van der Waals surface area contributed by atoms with Gasteiger partial charge < -0.3 is 74.7 Å². The molecule has 10 N–H and O–H groups in total. The first kappa shape index (κ1) is 34.3. The molecule has 16 nitrogen and oxygen atoms in total. The Labute approximate surface area is 256 Å². The molecule has 0 aromatic heterocycles. The minimum Gasteiger partial charge on any atom is -0.504 e. The fourth-order valence-corrected chi connectivity index (χ4v) is 4.71. The van der Waals surface area contributed by atoms with E-state index in [1.807, 2.05) is 0 Å². The Morgan fingerprint density at radius 3 is 2.09 bits per heavy atom. The van der Waals surface area contributed by atoms with Gasteiger partial charge in [-0.15, -0.1) is 0 Å². The number of hydrogen-bond donors (Lipinski definition) is 10. The topological polar surface area (TPSA) is 266 Å². The van der Waals surface area contributed by atoms with Gasteiger partial charge in [0.1, 0.15) is 55.4 Å². The molecule has 0 bridgehead atoms. The van der Waals surface area contributed by atoms with Crippen molar-refractivity contribution >= 4 is 12.0 Å². The molecule has 2 saturated heterocycles. The molecule has 2 heterocycles. The summed E-state index contributed by atoms with van der Waals surface area (Å²) in [5, 5.41) is 100. The Morgan fingerprint density at radius 2 is 1.42 bits per heavy atom. The molecular weight excluding hydrogens is 604 g/mol. The molecule has 16 heteroatoms. The molecule has 0 spiro atoms. The van der Waals surface area contributed by atoms with Gasteiger partial charge in [-0.2, -0.15) is 0 Å². The largest absolute Gasteiger partial charge is 0.504 e. The van der Waals surface area contributed by atoms with Crippen LogP contribution in [0, 0.1) is 0 Å². The molecule has 4 rings (SSSR count). The van der Waals surface area contributed by atoms with Crippen molar-refractivity contribution < 1.29 is 79.5 Å². The molecule has 2 aromatic rings. The van der Waals surface area contributed by atoms with E-state index < -0.39 is 86.3 Å². The van der Waals surface area contributed by atoms with E-state index in [1.165, 1.54) is 42.5 Å². The van der Waals surface area contributed by atoms with Gasteiger partial charge in [-0.25, -0.2) is 4.79 Å². The van der Waals surface area contributed by atoms with Crippen LogP contribution in [-0.4, -0.2) is 138 Å². The molecule has 0 saturated carbocycles. The standard InChI is InChI=1S/C29H36O16/c30-11-19-22(36)24(38)25(39)29(43-19)45-27-23(37)20(12-42-21(35)6-3-13-1-4-15(31)17(33)9-13)44-28(26(27)40)41-8-7-14-2-5-16(32)18(34)10-14/h1-6,9-10,19-20,22-34,36-40H,7-8,11-12H2/b6-3+/t19-,20-,22+,23-,24+,25-,26-,27+,28-,29+/m1/s1. The van der Waals surface area contributed by atoms with Crippen molar-refractivity contribution in [2.75, 3.05) is 19.8 Å². The number of aliphatic hydroxyl groups excluding tert-OH is 6. The lowest BCUT2D eigenvalue weighted by atomic mass is 9.97. The Hall–Kier alpha value is -3.55. The number of carbonyl (C=O) groups is 1. The maximum absolute atomic E-state index is 12.4.